The molecular formula is C13H16O. The number of carbonyl (C=O) groups is 1. The van der Waals surface area contributed by atoms with E-state index < -0.39 is 0 Å². The van der Waals surface area contributed by atoms with E-state index in [4.69, 9.17) is 0 Å². The predicted molar refractivity (Wildman–Crippen MR) is 57.3 cm³/mol. The van der Waals surface area contributed by atoms with Crippen LogP contribution in [0, 0.1) is 5.92 Å². The molecule has 1 aromatic carbocycles. The van der Waals surface area contributed by atoms with E-state index in [1.165, 1.54) is 11.1 Å². The van der Waals surface area contributed by atoms with Crippen molar-refractivity contribution in [2.45, 2.75) is 32.6 Å². The lowest BCUT2D eigenvalue weighted by Gasteiger charge is -2.27. The van der Waals surface area contributed by atoms with Crippen LogP contribution in [0.3, 0.4) is 0 Å². The third-order valence-corrected chi connectivity index (χ3v) is 3.09. The number of benzene rings is 1. The molecular weight excluding hydrogens is 172 g/mol. The van der Waals surface area contributed by atoms with Crippen LogP contribution in [0.5, 0.6) is 0 Å². The molecule has 0 aliphatic heterocycles. The molecule has 0 aromatic heterocycles. The number of hydrogen-bond acceptors (Lipinski definition) is 1. The van der Waals surface area contributed by atoms with E-state index in [9.17, 15) is 4.79 Å². The van der Waals surface area contributed by atoms with Crippen molar-refractivity contribution in [3.63, 3.8) is 0 Å². The highest BCUT2D eigenvalue weighted by atomic mass is 16.1. The lowest BCUT2D eigenvalue weighted by atomic mass is 9.76. The van der Waals surface area contributed by atoms with Crippen LogP contribution in [0.4, 0.5) is 0 Å². The lowest BCUT2D eigenvalue weighted by Crippen LogP contribution is -2.21. The Morgan fingerprint density at radius 1 is 1.29 bits per heavy atom. The Morgan fingerprint density at radius 2 is 2.00 bits per heavy atom. The Balaban J connectivity index is 2.43. The molecule has 2 rings (SSSR count). The molecule has 14 heavy (non-hydrogen) atoms. The summed E-state index contributed by atoms with van der Waals surface area (Å²) in [6, 6.07) is 8.35. The molecule has 0 spiro atoms. The van der Waals surface area contributed by atoms with E-state index in [2.05, 4.69) is 32.0 Å². The van der Waals surface area contributed by atoms with Crippen molar-refractivity contribution in [1.82, 2.24) is 0 Å². The van der Waals surface area contributed by atoms with Gasteiger partial charge in [-0.3, -0.25) is 4.79 Å². The molecule has 0 N–H and O–H groups in total. The Morgan fingerprint density at radius 3 is 2.71 bits per heavy atom. The van der Waals surface area contributed by atoms with Crippen molar-refractivity contribution in [2.24, 2.45) is 5.92 Å². The summed E-state index contributed by atoms with van der Waals surface area (Å²) >= 11 is 0. The van der Waals surface area contributed by atoms with E-state index >= 15 is 0 Å². The minimum atomic E-state index is 0.391. The smallest absolute Gasteiger partial charge is 0.137 e. The van der Waals surface area contributed by atoms with Gasteiger partial charge in [-0.15, -0.1) is 0 Å². The van der Waals surface area contributed by atoms with E-state index in [1.54, 1.807) is 0 Å². The molecule has 0 bridgehead atoms. The first-order chi connectivity index (χ1) is 6.68. The first-order valence-corrected chi connectivity index (χ1v) is 5.28. The minimum absolute atomic E-state index is 0.391. The van der Waals surface area contributed by atoms with Crippen molar-refractivity contribution in [3.8, 4) is 0 Å². The summed E-state index contributed by atoms with van der Waals surface area (Å²) in [5.41, 5.74) is 2.63. The summed E-state index contributed by atoms with van der Waals surface area (Å²) in [6.45, 7) is 4.39. The summed E-state index contributed by atoms with van der Waals surface area (Å²) < 4.78 is 0. The molecule has 0 amide bonds. The Bertz CT molecular complexity index is 352. The number of hydrogen-bond donors (Lipinski definition) is 0. The van der Waals surface area contributed by atoms with Crippen LogP contribution in [0.15, 0.2) is 24.3 Å². The SMILES string of the molecule is CC(C)C1CC(=O)Cc2ccccc21. The van der Waals surface area contributed by atoms with Crippen LogP contribution in [-0.2, 0) is 11.2 Å². The Hall–Kier alpha value is -1.11. The number of rotatable bonds is 1. The van der Waals surface area contributed by atoms with Gasteiger partial charge in [-0.05, 0) is 23.0 Å². The molecule has 1 heteroatoms. The predicted octanol–water partition coefficient (Wildman–Crippen LogP) is 2.94. The average molecular weight is 188 g/mol. The summed E-state index contributed by atoms with van der Waals surface area (Å²) in [4.78, 5) is 11.5. The summed E-state index contributed by atoms with van der Waals surface area (Å²) in [7, 11) is 0. The highest BCUT2D eigenvalue weighted by Gasteiger charge is 2.26. The van der Waals surface area contributed by atoms with E-state index in [0.29, 0.717) is 24.0 Å². The fourth-order valence-electron chi connectivity index (χ4n) is 2.29. The van der Waals surface area contributed by atoms with Gasteiger partial charge in [-0.1, -0.05) is 38.1 Å². The molecule has 0 fully saturated rings. The Kier molecular flexibility index (Phi) is 2.40. The molecule has 1 aliphatic carbocycles. The number of carbonyl (C=O) groups excluding carboxylic acids is 1. The van der Waals surface area contributed by atoms with Gasteiger partial charge in [-0.25, -0.2) is 0 Å². The largest absolute Gasteiger partial charge is 0.299 e. The van der Waals surface area contributed by atoms with Crippen molar-refractivity contribution >= 4 is 5.78 Å². The zero-order chi connectivity index (χ0) is 10.1. The average Bonchev–Trinajstić information content (AvgIpc) is 2.16. The van der Waals surface area contributed by atoms with Crippen molar-refractivity contribution in [2.75, 3.05) is 0 Å². The van der Waals surface area contributed by atoms with Crippen LogP contribution in [0.25, 0.3) is 0 Å². The topological polar surface area (TPSA) is 17.1 Å². The van der Waals surface area contributed by atoms with Crippen LogP contribution in [-0.4, -0.2) is 5.78 Å². The molecule has 1 atom stereocenters. The lowest BCUT2D eigenvalue weighted by molar-refractivity contribution is -0.119. The van der Waals surface area contributed by atoms with Gasteiger partial charge in [0.25, 0.3) is 0 Å². The van der Waals surface area contributed by atoms with Crippen molar-refractivity contribution in [1.29, 1.82) is 0 Å². The molecule has 0 saturated heterocycles. The molecule has 74 valence electrons. The van der Waals surface area contributed by atoms with Gasteiger partial charge in [0.1, 0.15) is 5.78 Å². The summed E-state index contributed by atoms with van der Waals surface area (Å²) in [6.07, 6.45) is 1.37. The third-order valence-electron chi connectivity index (χ3n) is 3.09. The molecule has 1 aliphatic rings. The minimum Gasteiger partial charge on any atom is -0.299 e. The number of Topliss-reactive ketones (excluding diaryl/α,β-unsaturated/α-hetero) is 1. The second-order valence-corrected chi connectivity index (χ2v) is 4.47. The highest BCUT2D eigenvalue weighted by molar-refractivity contribution is 5.84. The van der Waals surface area contributed by atoms with E-state index in [1.807, 2.05) is 6.07 Å². The first kappa shape index (κ1) is 9.45. The molecule has 0 saturated carbocycles. The standard InChI is InChI=1S/C13H16O/c1-9(2)13-8-11(14)7-10-5-3-4-6-12(10)13/h3-6,9,13H,7-8H2,1-2H3. The molecule has 1 aromatic rings. The Labute approximate surface area is 85.1 Å². The van der Waals surface area contributed by atoms with Gasteiger partial charge in [0.15, 0.2) is 0 Å². The molecule has 1 nitrogen and oxygen atoms in total. The maximum atomic E-state index is 11.5. The quantitative estimate of drug-likeness (QED) is 0.662. The van der Waals surface area contributed by atoms with Gasteiger partial charge >= 0.3 is 0 Å². The van der Waals surface area contributed by atoms with Gasteiger partial charge < -0.3 is 0 Å². The molecule has 0 radical (unpaired) electrons. The maximum Gasteiger partial charge on any atom is 0.137 e. The molecule has 0 heterocycles. The van der Waals surface area contributed by atoms with Crippen molar-refractivity contribution in [3.05, 3.63) is 35.4 Å². The normalized spacial score (nSPS) is 21.1. The number of ketones is 1. The third kappa shape index (κ3) is 1.59. The highest BCUT2D eigenvalue weighted by Crippen LogP contribution is 2.34. The summed E-state index contributed by atoms with van der Waals surface area (Å²) in [5.74, 6) is 1.38. The fraction of sp³-hybridized carbons (Fsp3) is 0.462. The van der Waals surface area contributed by atoms with Crippen LogP contribution in [0.2, 0.25) is 0 Å². The fourth-order valence-corrected chi connectivity index (χ4v) is 2.29. The monoisotopic (exact) mass is 188 g/mol. The van der Waals surface area contributed by atoms with Gasteiger partial charge in [0.05, 0.1) is 0 Å². The van der Waals surface area contributed by atoms with Crippen molar-refractivity contribution < 1.29 is 4.79 Å². The van der Waals surface area contributed by atoms with E-state index in [0.717, 1.165) is 6.42 Å². The van der Waals surface area contributed by atoms with Crippen LogP contribution >= 0.6 is 0 Å². The first-order valence-electron chi connectivity index (χ1n) is 5.28. The second-order valence-electron chi connectivity index (χ2n) is 4.47. The maximum absolute atomic E-state index is 11.5. The van der Waals surface area contributed by atoms with Crippen LogP contribution < -0.4 is 0 Å². The van der Waals surface area contributed by atoms with E-state index in [-0.39, 0.29) is 0 Å². The van der Waals surface area contributed by atoms with Gasteiger partial charge in [0, 0.05) is 12.8 Å². The van der Waals surface area contributed by atoms with Crippen LogP contribution in [0.1, 0.15) is 37.3 Å². The summed E-state index contributed by atoms with van der Waals surface area (Å²) in [5, 5.41) is 0. The van der Waals surface area contributed by atoms with Gasteiger partial charge in [0.2, 0.25) is 0 Å². The molecule has 1 unspecified atom stereocenters. The zero-order valence-electron chi connectivity index (χ0n) is 8.79. The zero-order valence-corrected chi connectivity index (χ0v) is 8.79. The second kappa shape index (κ2) is 3.56. The number of fused-ring (bicyclic) bond motifs is 1. The van der Waals surface area contributed by atoms with Gasteiger partial charge in [-0.2, -0.15) is 0 Å².